The first-order valence-electron chi connectivity index (χ1n) is 5.20. The lowest BCUT2D eigenvalue weighted by molar-refractivity contribution is 0.228. The molecule has 16 heavy (non-hydrogen) atoms. The third-order valence-electron chi connectivity index (χ3n) is 2.24. The molecule has 0 saturated heterocycles. The van der Waals surface area contributed by atoms with Gasteiger partial charge in [-0.1, -0.05) is 13.0 Å². The lowest BCUT2D eigenvalue weighted by Gasteiger charge is -2.08. The Morgan fingerprint density at radius 2 is 2.31 bits per heavy atom. The third kappa shape index (κ3) is 4.21. The van der Waals surface area contributed by atoms with E-state index >= 15 is 0 Å². The Morgan fingerprint density at radius 3 is 2.88 bits per heavy atom. The topological polar surface area (TPSA) is 66.4 Å². The molecule has 4 nitrogen and oxygen atoms in total. The lowest BCUT2D eigenvalue weighted by atomic mass is 10.1. The highest BCUT2D eigenvalue weighted by molar-refractivity contribution is 7.91. The van der Waals surface area contributed by atoms with Crippen LogP contribution in [-0.2, 0) is 10.0 Å². The normalized spacial score (nSPS) is 13.9. The van der Waals surface area contributed by atoms with Crippen LogP contribution < -0.4 is 4.72 Å². The Balaban J connectivity index is 2.33. The monoisotopic (exact) mass is 263 g/mol. The summed E-state index contributed by atoms with van der Waals surface area (Å²) in [6, 6.07) is 3.30. The van der Waals surface area contributed by atoms with Crippen molar-refractivity contribution in [2.45, 2.75) is 24.0 Å². The van der Waals surface area contributed by atoms with Crippen LogP contribution in [0.5, 0.6) is 0 Å². The van der Waals surface area contributed by atoms with Gasteiger partial charge >= 0.3 is 0 Å². The zero-order valence-corrected chi connectivity index (χ0v) is 10.9. The maximum Gasteiger partial charge on any atom is 0.250 e. The van der Waals surface area contributed by atoms with Crippen molar-refractivity contribution in [3.63, 3.8) is 0 Å². The summed E-state index contributed by atoms with van der Waals surface area (Å²) in [6.07, 6.45) is 1.57. The van der Waals surface area contributed by atoms with Crippen LogP contribution in [0.2, 0.25) is 0 Å². The van der Waals surface area contributed by atoms with Crippen molar-refractivity contribution in [1.82, 2.24) is 4.72 Å². The molecule has 0 spiro atoms. The van der Waals surface area contributed by atoms with E-state index in [-0.39, 0.29) is 12.5 Å². The zero-order valence-electron chi connectivity index (χ0n) is 9.22. The largest absolute Gasteiger partial charge is 0.396 e. The number of hydrogen-bond donors (Lipinski definition) is 2. The van der Waals surface area contributed by atoms with Gasteiger partial charge in [-0.2, -0.15) is 0 Å². The molecule has 1 heterocycles. The molecule has 0 amide bonds. The maximum absolute atomic E-state index is 11.7. The van der Waals surface area contributed by atoms with E-state index in [0.717, 1.165) is 12.8 Å². The van der Waals surface area contributed by atoms with Gasteiger partial charge in [0.05, 0.1) is 0 Å². The summed E-state index contributed by atoms with van der Waals surface area (Å²) in [4.78, 5) is 0. The minimum absolute atomic E-state index is 0.150. The van der Waals surface area contributed by atoms with Crippen molar-refractivity contribution in [1.29, 1.82) is 0 Å². The molecule has 0 bridgehead atoms. The number of nitrogens with one attached hydrogen (secondary N) is 1. The van der Waals surface area contributed by atoms with Gasteiger partial charge in [0.2, 0.25) is 10.0 Å². The van der Waals surface area contributed by atoms with Crippen LogP contribution in [0.3, 0.4) is 0 Å². The predicted molar refractivity (Wildman–Crippen MR) is 65.0 cm³/mol. The average Bonchev–Trinajstić information content (AvgIpc) is 2.78. The predicted octanol–water partition coefficient (Wildman–Crippen LogP) is 1.44. The van der Waals surface area contributed by atoms with Crippen molar-refractivity contribution >= 4 is 21.4 Å². The highest BCUT2D eigenvalue weighted by atomic mass is 32.2. The molecular formula is C10H17NO3S2. The maximum atomic E-state index is 11.7. The summed E-state index contributed by atoms with van der Waals surface area (Å²) < 4.78 is 26.2. The molecule has 6 heteroatoms. The molecule has 0 saturated carbocycles. The third-order valence-corrected chi connectivity index (χ3v) is 5.10. The first-order valence-corrected chi connectivity index (χ1v) is 7.56. The quantitative estimate of drug-likeness (QED) is 0.731. The number of aliphatic hydroxyl groups is 1. The molecule has 1 aromatic rings. The van der Waals surface area contributed by atoms with Crippen LogP contribution in [0.1, 0.15) is 19.8 Å². The molecule has 2 N–H and O–H groups in total. The van der Waals surface area contributed by atoms with Crippen LogP contribution in [-0.4, -0.2) is 26.7 Å². The number of thiophene rings is 1. The number of hydrogen-bond acceptors (Lipinski definition) is 4. The summed E-state index contributed by atoms with van der Waals surface area (Å²) >= 11 is 1.21. The van der Waals surface area contributed by atoms with Crippen LogP contribution >= 0.6 is 11.3 Å². The molecule has 0 fully saturated rings. The van der Waals surface area contributed by atoms with E-state index in [1.165, 1.54) is 11.3 Å². The van der Waals surface area contributed by atoms with Crippen LogP contribution in [0.15, 0.2) is 21.7 Å². The minimum Gasteiger partial charge on any atom is -0.396 e. The molecule has 0 radical (unpaired) electrons. The smallest absolute Gasteiger partial charge is 0.250 e. The van der Waals surface area contributed by atoms with Gasteiger partial charge in [0.25, 0.3) is 0 Å². The summed E-state index contributed by atoms with van der Waals surface area (Å²) in [7, 11) is -3.32. The Morgan fingerprint density at radius 1 is 1.56 bits per heavy atom. The first kappa shape index (κ1) is 13.6. The fourth-order valence-corrected chi connectivity index (χ4v) is 3.35. The van der Waals surface area contributed by atoms with Gasteiger partial charge in [-0.3, -0.25) is 0 Å². The second-order valence-corrected chi connectivity index (χ2v) is 6.70. The van der Waals surface area contributed by atoms with Gasteiger partial charge in [0, 0.05) is 13.2 Å². The van der Waals surface area contributed by atoms with E-state index in [4.69, 9.17) is 5.11 Å². The highest BCUT2D eigenvalue weighted by Gasteiger charge is 2.13. The molecule has 92 valence electrons. The van der Waals surface area contributed by atoms with E-state index in [1.807, 2.05) is 6.92 Å². The average molecular weight is 263 g/mol. The highest BCUT2D eigenvalue weighted by Crippen LogP contribution is 2.15. The van der Waals surface area contributed by atoms with Crippen molar-refractivity contribution < 1.29 is 13.5 Å². The summed E-state index contributed by atoms with van der Waals surface area (Å²) in [5, 5.41) is 10.5. The van der Waals surface area contributed by atoms with E-state index in [1.54, 1.807) is 17.5 Å². The van der Waals surface area contributed by atoms with Crippen LogP contribution in [0.25, 0.3) is 0 Å². The molecule has 0 aliphatic carbocycles. The van der Waals surface area contributed by atoms with Crippen molar-refractivity contribution in [3.05, 3.63) is 17.5 Å². The summed E-state index contributed by atoms with van der Waals surface area (Å²) in [5.74, 6) is 0.228. The molecule has 1 unspecified atom stereocenters. The molecule has 0 aliphatic heterocycles. The zero-order chi connectivity index (χ0) is 12.0. The summed E-state index contributed by atoms with van der Waals surface area (Å²) in [5.41, 5.74) is 0. The molecular weight excluding hydrogens is 246 g/mol. The van der Waals surface area contributed by atoms with Gasteiger partial charge in [-0.25, -0.2) is 13.1 Å². The van der Waals surface area contributed by atoms with E-state index in [0.29, 0.717) is 10.8 Å². The minimum atomic E-state index is -3.32. The number of sulfonamides is 1. The van der Waals surface area contributed by atoms with Crippen molar-refractivity contribution in [2.75, 3.05) is 13.2 Å². The first-order chi connectivity index (χ1) is 7.56. The van der Waals surface area contributed by atoms with Gasteiger partial charge in [0.15, 0.2) is 0 Å². The second-order valence-electron chi connectivity index (χ2n) is 3.76. The van der Waals surface area contributed by atoms with Crippen LogP contribution in [0.4, 0.5) is 0 Å². The Labute approximate surface area is 100 Å². The Kier molecular flexibility index (Phi) is 5.40. The van der Waals surface area contributed by atoms with Gasteiger partial charge in [0.1, 0.15) is 4.21 Å². The number of rotatable bonds is 7. The second kappa shape index (κ2) is 6.34. The van der Waals surface area contributed by atoms with Crippen LogP contribution in [0, 0.1) is 5.92 Å². The standard InChI is InChI=1S/C10H17NO3S2/c1-9(8-12)4-2-6-11-16(13,14)10-5-3-7-15-10/h3,5,7,9,11-12H,2,4,6,8H2,1H3. The SMILES string of the molecule is CC(CO)CCCNS(=O)(=O)c1cccs1. The van der Waals surface area contributed by atoms with Gasteiger partial charge in [-0.05, 0) is 30.2 Å². The lowest BCUT2D eigenvalue weighted by Crippen LogP contribution is -2.24. The molecule has 0 aromatic carbocycles. The Hall–Kier alpha value is -0.430. The van der Waals surface area contributed by atoms with E-state index in [9.17, 15) is 8.42 Å². The Bertz CT molecular complexity index is 386. The van der Waals surface area contributed by atoms with Gasteiger partial charge < -0.3 is 5.11 Å². The molecule has 0 aliphatic rings. The molecule has 1 atom stereocenters. The molecule has 1 aromatic heterocycles. The van der Waals surface area contributed by atoms with Crippen molar-refractivity contribution in [3.8, 4) is 0 Å². The summed E-state index contributed by atoms with van der Waals surface area (Å²) in [6.45, 7) is 2.51. The number of aliphatic hydroxyl groups excluding tert-OH is 1. The fourth-order valence-electron chi connectivity index (χ4n) is 1.24. The molecule has 1 rings (SSSR count). The van der Waals surface area contributed by atoms with E-state index in [2.05, 4.69) is 4.72 Å². The fraction of sp³-hybridized carbons (Fsp3) is 0.600. The van der Waals surface area contributed by atoms with Gasteiger partial charge in [-0.15, -0.1) is 11.3 Å². The van der Waals surface area contributed by atoms with Crippen molar-refractivity contribution in [2.24, 2.45) is 5.92 Å². The van der Waals surface area contributed by atoms with E-state index < -0.39 is 10.0 Å².